The van der Waals surface area contributed by atoms with Gasteiger partial charge < -0.3 is 4.74 Å². The van der Waals surface area contributed by atoms with E-state index < -0.39 is 5.82 Å². The lowest BCUT2D eigenvalue weighted by Gasteiger charge is -2.20. The molecule has 2 aromatic carbocycles. The van der Waals surface area contributed by atoms with E-state index in [0.29, 0.717) is 29.7 Å². The number of hydrogen-bond donors (Lipinski definition) is 2. The highest BCUT2D eigenvalue weighted by atomic mass is 35.5. The molecule has 0 radical (unpaired) electrons. The lowest BCUT2D eigenvalue weighted by molar-refractivity contribution is -0.118. The van der Waals surface area contributed by atoms with Crippen molar-refractivity contribution in [1.29, 1.82) is 5.26 Å². The quantitative estimate of drug-likeness (QED) is 0.820. The number of rotatable bonds is 5. The molecule has 1 atom stereocenters. The van der Waals surface area contributed by atoms with Gasteiger partial charge in [-0.25, -0.2) is 9.82 Å². The Morgan fingerprint density at radius 2 is 2.15 bits per heavy atom. The van der Waals surface area contributed by atoms with E-state index in [4.69, 9.17) is 21.6 Å². The Morgan fingerprint density at radius 3 is 2.81 bits per heavy atom. The third kappa shape index (κ3) is 4.45. The normalized spacial score (nSPS) is 15.9. The maximum Gasteiger partial charge on any atom is 0.257 e. The van der Waals surface area contributed by atoms with Gasteiger partial charge >= 0.3 is 0 Å². The van der Waals surface area contributed by atoms with Crippen LogP contribution in [-0.4, -0.2) is 11.9 Å². The maximum absolute atomic E-state index is 15.0. The molecule has 1 amide bonds. The lowest BCUT2D eigenvalue weighted by atomic mass is 10.0. The Hall–Kier alpha value is -2.88. The van der Waals surface area contributed by atoms with Gasteiger partial charge in [-0.15, -0.1) is 0 Å². The van der Waals surface area contributed by atoms with E-state index in [1.165, 1.54) is 6.08 Å². The van der Waals surface area contributed by atoms with Gasteiger partial charge in [-0.05, 0) is 48.2 Å². The van der Waals surface area contributed by atoms with Crippen molar-refractivity contribution in [3.8, 4) is 17.6 Å². The second kappa shape index (κ2) is 8.21. The van der Waals surface area contributed by atoms with Crippen LogP contribution in [0.4, 0.5) is 4.39 Å². The average molecular weight is 386 g/mol. The molecule has 0 spiro atoms. The molecule has 1 aliphatic heterocycles. The summed E-state index contributed by atoms with van der Waals surface area (Å²) in [5.74, 6) is -0.562. The van der Waals surface area contributed by atoms with Crippen LogP contribution in [0.5, 0.6) is 11.5 Å². The van der Waals surface area contributed by atoms with Gasteiger partial charge in [-0.2, -0.15) is 5.26 Å². The number of hydrogen-bond acceptors (Lipinski definition) is 4. The second-order valence-electron chi connectivity index (χ2n) is 6.09. The van der Waals surface area contributed by atoms with Crippen LogP contribution in [0, 0.1) is 17.1 Å². The first-order valence-electron chi connectivity index (χ1n) is 8.42. The zero-order valence-electron chi connectivity index (χ0n) is 14.6. The number of ether oxygens (including phenoxy) is 1. The molecule has 138 valence electrons. The molecule has 27 heavy (non-hydrogen) atoms. The van der Waals surface area contributed by atoms with Gasteiger partial charge in [0.15, 0.2) is 11.6 Å². The lowest BCUT2D eigenvalue weighted by Crippen LogP contribution is -2.47. The fourth-order valence-electron chi connectivity index (χ4n) is 2.74. The highest BCUT2D eigenvalue weighted by molar-refractivity contribution is 6.32. The zero-order chi connectivity index (χ0) is 19.4. The van der Waals surface area contributed by atoms with Gasteiger partial charge in [0.25, 0.3) is 5.91 Å². The third-order valence-corrected chi connectivity index (χ3v) is 4.45. The minimum atomic E-state index is -0.574. The van der Waals surface area contributed by atoms with Crippen LogP contribution in [0.2, 0.25) is 5.02 Å². The van der Waals surface area contributed by atoms with E-state index in [9.17, 15) is 4.79 Å². The molecule has 0 bridgehead atoms. The minimum Gasteiger partial charge on any atom is -0.453 e. The van der Waals surface area contributed by atoms with Crippen molar-refractivity contribution in [2.45, 2.75) is 25.8 Å². The topological polar surface area (TPSA) is 74.1 Å². The molecule has 3 rings (SSSR count). The summed E-state index contributed by atoms with van der Waals surface area (Å²) in [6.45, 7) is 1.96. The Kier molecular flexibility index (Phi) is 5.75. The van der Waals surface area contributed by atoms with Crippen LogP contribution in [0.1, 0.15) is 23.6 Å². The van der Waals surface area contributed by atoms with Crippen molar-refractivity contribution in [3.63, 3.8) is 0 Å². The molecule has 2 N–H and O–H groups in total. The van der Waals surface area contributed by atoms with Crippen molar-refractivity contribution in [2.75, 3.05) is 0 Å². The summed E-state index contributed by atoms with van der Waals surface area (Å²) in [4.78, 5) is 11.1. The molecule has 0 aliphatic carbocycles. The average Bonchev–Trinajstić information content (AvgIpc) is 2.68. The van der Waals surface area contributed by atoms with Crippen LogP contribution in [-0.2, 0) is 17.6 Å². The van der Waals surface area contributed by atoms with Crippen molar-refractivity contribution >= 4 is 17.5 Å². The summed E-state index contributed by atoms with van der Waals surface area (Å²) in [6, 6.07) is 10.0. The largest absolute Gasteiger partial charge is 0.453 e. The minimum absolute atomic E-state index is 0.0878. The van der Waals surface area contributed by atoms with Crippen molar-refractivity contribution < 1.29 is 13.9 Å². The standard InChI is InChI=1S/C20H17ClFN3O2/c1-2-12-7-13(11-23)9-16(8-12)27-20-17(21)5-3-14(19(20)22)10-15-4-6-18(26)25-24-15/h3-9,15,24H,2,10H2,1H3,(H,25,26). The van der Waals surface area contributed by atoms with E-state index in [1.807, 2.05) is 6.92 Å². The SMILES string of the molecule is CCc1cc(C#N)cc(Oc2c(Cl)ccc(CC3C=CC(=O)NN3)c2F)c1. The smallest absolute Gasteiger partial charge is 0.257 e. The van der Waals surface area contributed by atoms with Gasteiger partial charge in [-0.3, -0.25) is 10.2 Å². The molecular formula is C20H17ClFN3O2. The van der Waals surface area contributed by atoms with Crippen LogP contribution in [0.3, 0.4) is 0 Å². The van der Waals surface area contributed by atoms with Gasteiger partial charge in [0.05, 0.1) is 16.7 Å². The highest BCUT2D eigenvalue weighted by Gasteiger charge is 2.19. The summed E-state index contributed by atoms with van der Waals surface area (Å²) in [5.41, 5.74) is 7.00. The molecule has 7 heteroatoms. The van der Waals surface area contributed by atoms with Gasteiger partial charge in [0, 0.05) is 12.1 Å². The molecular weight excluding hydrogens is 369 g/mol. The van der Waals surface area contributed by atoms with E-state index in [-0.39, 0.29) is 22.7 Å². The first-order chi connectivity index (χ1) is 13.0. The summed E-state index contributed by atoms with van der Waals surface area (Å²) >= 11 is 6.14. The first kappa shape index (κ1) is 18.9. The van der Waals surface area contributed by atoms with E-state index >= 15 is 4.39 Å². The van der Waals surface area contributed by atoms with Crippen LogP contribution >= 0.6 is 11.6 Å². The fourth-order valence-corrected chi connectivity index (χ4v) is 2.93. The Morgan fingerprint density at radius 1 is 1.33 bits per heavy atom. The number of carbonyl (C=O) groups excluding carboxylic acids is 1. The second-order valence-corrected chi connectivity index (χ2v) is 6.49. The molecule has 1 aliphatic rings. The Bertz CT molecular complexity index is 953. The molecule has 1 heterocycles. The van der Waals surface area contributed by atoms with Crippen molar-refractivity contribution in [1.82, 2.24) is 10.9 Å². The summed E-state index contributed by atoms with van der Waals surface area (Å²) in [7, 11) is 0. The molecule has 0 saturated heterocycles. The number of benzene rings is 2. The Balaban J connectivity index is 1.89. The molecule has 5 nitrogen and oxygen atoms in total. The number of aryl methyl sites for hydroxylation is 1. The van der Waals surface area contributed by atoms with E-state index in [0.717, 1.165) is 5.56 Å². The zero-order valence-corrected chi connectivity index (χ0v) is 15.3. The Labute approximate surface area is 161 Å². The monoisotopic (exact) mass is 385 g/mol. The molecule has 0 saturated carbocycles. The highest BCUT2D eigenvalue weighted by Crippen LogP contribution is 2.35. The first-order valence-corrected chi connectivity index (χ1v) is 8.80. The number of hydrazine groups is 1. The van der Waals surface area contributed by atoms with Crippen LogP contribution in [0.15, 0.2) is 42.5 Å². The third-order valence-electron chi connectivity index (χ3n) is 4.15. The number of halogens is 2. The molecule has 0 aromatic heterocycles. The van der Waals surface area contributed by atoms with Crippen LogP contribution in [0.25, 0.3) is 0 Å². The number of nitrogens with one attached hydrogen (secondary N) is 2. The summed E-state index contributed by atoms with van der Waals surface area (Å²) in [5, 5.41) is 9.29. The summed E-state index contributed by atoms with van der Waals surface area (Å²) in [6.07, 6.45) is 4.07. The van der Waals surface area contributed by atoms with Crippen molar-refractivity contribution in [3.05, 3.63) is 70.0 Å². The van der Waals surface area contributed by atoms with E-state index in [2.05, 4.69) is 16.9 Å². The van der Waals surface area contributed by atoms with Crippen molar-refractivity contribution in [2.24, 2.45) is 0 Å². The fraction of sp³-hybridized carbons (Fsp3) is 0.200. The maximum atomic E-state index is 15.0. The molecule has 1 unspecified atom stereocenters. The van der Waals surface area contributed by atoms with Gasteiger partial charge in [-0.1, -0.05) is 30.7 Å². The van der Waals surface area contributed by atoms with E-state index in [1.54, 1.807) is 36.4 Å². The predicted molar refractivity (Wildman–Crippen MR) is 99.9 cm³/mol. The number of amides is 1. The molecule has 0 fully saturated rings. The number of nitrogens with zero attached hydrogens (tertiary/aromatic N) is 1. The molecule has 2 aromatic rings. The number of carbonyl (C=O) groups is 1. The number of nitriles is 1. The van der Waals surface area contributed by atoms with Crippen LogP contribution < -0.4 is 15.6 Å². The van der Waals surface area contributed by atoms with Gasteiger partial charge in [0.1, 0.15) is 5.75 Å². The summed E-state index contributed by atoms with van der Waals surface area (Å²) < 4.78 is 20.7. The predicted octanol–water partition coefficient (Wildman–Crippen LogP) is 3.81. The van der Waals surface area contributed by atoms with Gasteiger partial charge in [0.2, 0.25) is 0 Å².